The van der Waals surface area contributed by atoms with Gasteiger partial charge in [0, 0.05) is 6.54 Å². The monoisotopic (exact) mass is 132 g/mol. The third kappa shape index (κ3) is 0.436. The Hall–Kier alpha value is 0.0400. The summed E-state index contributed by atoms with van der Waals surface area (Å²) in [6.07, 6.45) is 0. The first kappa shape index (κ1) is 3.97. The van der Waals surface area contributed by atoms with Crippen LogP contribution in [-0.4, -0.2) is 21.3 Å². The van der Waals surface area contributed by atoms with Crippen LogP contribution in [0, 0.1) is 0 Å². The van der Waals surface area contributed by atoms with Gasteiger partial charge in [0.1, 0.15) is 5.37 Å². The third-order valence-electron chi connectivity index (χ3n) is 1.08. The lowest BCUT2D eigenvalue weighted by atomic mass is 10.7. The first-order chi connectivity index (χ1) is 3.38. The summed E-state index contributed by atoms with van der Waals surface area (Å²) in [5, 5.41) is 4.66. The van der Waals surface area contributed by atoms with Crippen LogP contribution in [0.25, 0.3) is 0 Å². The molecule has 0 aromatic rings. The Morgan fingerprint density at radius 1 is 2.00 bits per heavy atom. The lowest BCUT2D eigenvalue weighted by molar-refractivity contribution is 0.827. The molecule has 38 valence electrons. The van der Waals surface area contributed by atoms with Gasteiger partial charge in [0.2, 0.25) is 0 Å². The summed E-state index contributed by atoms with van der Waals surface area (Å²) in [6.45, 7) is 1.05. The van der Waals surface area contributed by atoms with E-state index in [0.717, 1.165) is 11.7 Å². The molecule has 0 spiro atoms. The molecular weight excluding hydrogens is 128 g/mol. The van der Waals surface area contributed by atoms with E-state index >= 15 is 0 Å². The maximum atomic E-state index is 4.88. The molecule has 0 amide bonds. The van der Waals surface area contributed by atoms with Gasteiger partial charge >= 0.3 is 0 Å². The summed E-state index contributed by atoms with van der Waals surface area (Å²) in [6, 6.07) is 0. The highest BCUT2D eigenvalue weighted by Crippen LogP contribution is 2.41. The molecule has 2 aliphatic rings. The highest BCUT2D eigenvalue weighted by molar-refractivity contribution is 8.05. The van der Waals surface area contributed by atoms with Gasteiger partial charge in [-0.1, -0.05) is 0 Å². The molecule has 0 saturated carbocycles. The number of thiocarbonyl (C=S) groups is 1. The molecule has 4 heteroatoms. The molecule has 1 unspecified atom stereocenters. The molecule has 1 N–H and O–H groups in total. The number of nitrogens with one attached hydrogen (secondary N) is 1. The molecule has 1 atom stereocenters. The van der Waals surface area contributed by atoms with Crippen LogP contribution in [0.15, 0.2) is 0 Å². The van der Waals surface area contributed by atoms with Crippen LogP contribution in [-0.2, 0) is 0 Å². The SMILES string of the molecule is S=C1NCC2SN12. The van der Waals surface area contributed by atoms with E-state index in [0.29, 0.717) is 5.37 Å². The first-order valence-electron chi connectivity index (χ1n) is 2.12. The zero-order valence-electron chi connectivity index (χ0n) is 3.55. The normalized spacial score (nSPS) is 35.1. The first-order valence-corrected chi connectivity index (χ1v) is 3.36. The molecule has 2 saturated heterocycles. The summed E-state index contributed by atoms with van der Waals surface area (Å²) in [4.78, 5) is 0. The minimum absolute atomic E-state index is 0.687. The minimum Gasteiger partial charge on any atom is -0.359 e. The molecule has 2 fully saturated rings. The summed E-state index contributed by atoms with van der Waals surface area (Å²) >= 11 is 6.69. The number of fused-ring (bicyclic) bond motifs is 1. The predicted octanol–water partition coefficient (Wildman–Crippen LogP) is 0.164. The fraction of sp³-hybridized carbons (Fsp3) is 0.667. The topological polar surface area (TPSA) is 15.0 Å². The summed E-state index contributed by atoms with van der Waals surface area (Å²) in [5.74, 6) is 0. The Balaban J connectivity index is 2.21. The average molecular weight is 132 g/mol. The number of hydrogen-bond donors (Lipinski definition) is 1. The van der Waals surface area contributed by atoms with Crippen molar-refractivity contribution in [2.75, 3.05) is 6.54 Å². The molecule has 7 heavy (non-hydrogen) atoms. The van der Waals surface area contributed by atoms with Crippen LogP contribution >= 0.6 is 24.2 Å². The van der Waals surface area contributed by atoms with Crippen LogP contribution in [0.2, 0.25) is 0 Å². The van der Waals surface area contributed by atoms with Gasteiger partial charge in [0.15, 0.2) is 5.11 Å². The predicted molar refractivity (Wildman–Crippen MR) is 33.8 cm³/mol. The Morgan fingerprint density at radius 2 is 2.86 bits per heavy atom. The number of rotatable bonds is 0. The second-order valence-corrected chi connectivity index (χ2v) is 3.11. The zero-order chi connectivity index (χ0) is 4.85. The molecule has 2 aliphatic heterocycles. The lowest BCUT2D eigenvalue weighted by Crippen LogP contribution is -2.18. The highest BCUT2D eigenvalue weighted by Gasteiger charge is 2.43. The highest BCUT2D eigenvalue weighted by atomic mass is 32.2. The van der Waals surface area contributed by atoms with Crippen molar-refractivity contribution in [2.24, 2.45) is 0 Å². The zero-order valence-corrected chi connectivity index (χ0v) is 5.18. The molecule has 0 aliphatic carbocycles. The van der Waals surface area contributed by atoms with E-state index in [1.807, 2.05) is 11.9 Å². The van der Waals surface area contributed by atoms with Gasteiger partial charge in [0.25, 0.3) is 0 Å². The molecule has 0 aromatic heterocycles. The van der Waals surface area contributed by atoms with E-state index in [4.69, 9.17) is 12.2 Å². The van der Waals surface area contributed by atoms with Gasteiger partial charge in [-0.3, -0.25) is 4.31 Å². The second kappa shape index (κ2) is 1.06. The molecule has 2 heterocycles. The standard InChI is InChI=1S/C3H4N2S2/c6-3-4-1-2-5(3)7-2/h2H,1H2,(H,4,6). The van der Waals surface area contributed by atoms with E-state index in [1.165, 1.54) is 0 Å². The maximum absolute atomic E-state index is 4.88. The van der Waals surface area contributed by atoms with Gasteiger partial charge in [-0.25, -0.2) is 0 Å². The van der Waals surface area contributed by atoms with Gasteiger partial charge < -0.3 is 5.32 Å². The van der Waals surface area contributed by atoms with Crippen molar-refractivity contribution in [1.29, 1.82) is 0 Å². The van der Waals surface area contributed by atoms with E-state index in [-0.39, 0.29) is 0 Å². The van der Waals surface area contributed by atoms with Crippen LogP contribution in [0.3, 0.4) is 0 Å². The van der Waals surface area contributed by atoms with Crippen LogP contribution in [0.5, 0.6) is 0 Å². The van der Waals surface area contributed by atoms with Crippen LogP contribution < -0.4 is 5.32 Å². The largest absolute Gasteiger partial charge is 0.359 e. The summed E-state index contributed by atoms with van der Waals surface area (Å²) < 4.78 is 2.11. The van der Waals surface area contributed by atoms with Crippen molar-refractivity contribution in [3.63, 3.8) is 0 Å². The Labute approximate surface area is 51.4 Å². The van der Waals surface area contributed by atoms with Crippen molar-refractivity contribution >= 4 is 29.3 Å². The molecule has 0 radical (unpaired) electrons. The molecule has 2 nitrogen and oxygen atoms in total. The Kier molecular flexibility index (Phi) is 0.601. The molecular formula is C3H4N2S2. The van der Waals surface area contributed by atoms with Gasteiger partial charge in [-0.2, -0.15) is 0 Å². The maximum Gasteiger partial charge on any atom is 0.180 e. The van der Waals surface area contributed by atoms with Crippen molar-refractivity contribution in [2.45, 2.75) is 5.37 Å². The van der Waals surface area contributed by atoms with E-state index in [2.05, 4.69) is 9.62 Å². The van der Waals surface area contributed by atoms with Crippen molar-refractivity contribution in [1.82, 2.24) is 9.62 Å². The van der Waals surface area contributed by atoms with Gasteiger partial charge in [0.05, 0.1) is 0 Å². The average Bonchev–Trinajstić information content (AvgIpc) is 2.33. The molecule has 0 aromatic carbocycles. The van der Waals surface area contributed by atoms with E-state index in [1.54, 1.807) is 0 Å². The van der Waals surface area contributed by atoms with Gasteiger partial charge in [-0.15, -0.1) is 0 Å². The van der Waals surface area contributed by atoms with E-state index < -0.39 is 0 Å². The smallest absolute Gasteiger partial charge is 0.180 e. The Morgan fingerprint density at radius 3 is 3.00 bits per heavy atom. The van der Waals surface area contributed by atoms with Crippen LogP contribution in [0.1, 0.15) is 0 Å². The molecule has 2 rings (SSSR count). The number of nitrogens with zero attached hydrogens (tertiary/aromatic N) is 1. The Bertz CT molecular complexity index is 124. The van der Waals surface area contributed by atoms with Crippen LogP contribution in [0.4, 0.5) is 0 Å². The van der Waals surface area contributed by atoms with Crippen molar-refractivity contribution in [3.05, 3.63) is 0 Å². The molecule has 0 bridgehead atoms. The number of hydrogen-bond acceptors (Lipinski definition) is 2. The van der Waals surface area contributed by atoms with Crippen molar-refractivity contribution < 1.29 is 0 Å². The van der Waals surface area contributed by atoms with Gasteiger partial charge in [-0.05, 0) is 24.2 Å². The quantitative estimate of drug-likeness (QED) is 0.287. The lowest BCUT2D eigenvalue weighted by Gasteiger charge is -1.92. The third-order valence-corrected chi connectivity index (χ3v) is 2.60. The minimum atomic E-state index is 0.687. The fourth-order valence-corrected chi connectivity index (χ4v) is 1.77. The fourth-order valence-electron chi connectivity index (χ4n) is 0.655. The van der Waals surface area contributed by atoms with E-state index in [9.17, 15) is 0 Å². The summed E-state index contributed by atoms with van der Waals surface area (Å²) in [7, 11) is 0. The van der Waals surface area contributed by atoms with Crippen molar-refractivity contribution in [3.8, 4) is 0 Å². The summed E-state index contributed by atoms with van der Waals surface area (Å²) in [5.41, 5.74) is 0. The second-order valence-electron chi connectivity index (χ2n) is 1.57.